The van der Waals surface area contributed by atoms with E-state index < -0.39 is 0 Å². The average Bonchev–Trinajstić information content (AvgIpc) is 3.20. The molecule has 2 heterocycles. The molecule has 166 valence electrons. The summed E-state index contributed by atoms with van der Waals surface area (Å²) < 4.78 is 11.3. The maximum Gasteiger partial charge on any atom is 0.257 e. The smallest absolute Gasteiger partial charge is 0.257 e. The zero-order chi connectivity index (χ0) is 22.5. The zero-order valence-electron chi connectivity index (χ0n) is 17.5. The zero-order valence-corrected chi connectivity index (χ0v) is 17.5. The van der Waals surface area contributed by atoms with Crippen molar-refractivity contribution in [2.45, 2.75) is 19.3 Å². The average molecular weight is 436 g/mol. The molecule has 0 atom stereocenters. The highest BCUT2D eigenvalue weighted by Gasteiger charge is 2.19. The summed E-state index contributed by atoms with van der Waals surface area (Å²) in [6, 6.07) is 13.3. The first-order valence-corrected chi connectivity index (χ1v) is 10.5. The number of hydrogen-bond acceptors (Lipinski definition) is 6. The van der Waals surface area contributed by atoms with E-state index in [4.69, 9.17) is 9.15 Å². The standard InChI is InChI=1S/C24H24N2O6/c27-18-12-17(31-15-22(29)25-9-5-11-26-10-4-8-23(26)30)13-21-24(18)19(28)14-20(32-21)16-6-2-1-3-7-16/h1-3,6-7,12-14,27H,4-5,8-11,15H2,(H,25,29). The Balaban J connectivity index is 1.38. The van der Waals surface area contributed by atoms with Gasteiger partial charge in [-0.15, -0.1) is 0 Å². The third-order valence-electron chi connectivity index (χ3n) is 5.31. The number of carbonyl (C=O) groups is 2. The second kappa shape index (κ2) is 9.55. The van der Waals surface area contributed by atoms with Gasteiger partial charge in [0.2, 0.25) is 5.91 Å². The third kappa shape index (κ3) is 4.91. The molecule has 0 spiro atoms. The van der Waals surface area contributed by atoms with Crippen molar-refractivity contribution in [3.05, 3.63) is 58.8 Å². The number of hydrogen-bond donors (Lipinski definition) is 2. The summed E-state index contributed by atoms with van der Waals surface area (Å²) in [6.45, 7) is 1.59. The van der Waals surface area contributed by atoms with Crippen LogP contribution < -0.4 is 15.5 Å². The molecule has 0 radical (unpaired) electrons. The summed E-state index contributed by atoms with van der Waals surface area (Å²) in [5.74, 6) is 0.145. The fraction of sp³-hybridized carbons (Fsp3) is 0.292. The van der Waals surface area contributed by atoms with Gasteiger partial charge < -0.3 is 24.5 Å². The number of rotatable bonds is 8. The van der Waals surface area contributed by atoms with Crippen molar-refractivity contribution >= 4 is 22.8 Å². The van der Waals surface area contributed by atoms with E-state index in [0.29, 0.717) is 31.7 Å². The van der Waals surface area contributed by atoms with Crippen molar-refractivity contribution in [3.8, 4) is 22.8 Å². The Morgan fingerprint density at radius 1 is 1.16 bits per heavy atom. The Kier molecular flexibility index (Phi) is 6.39. The molecule has 2 aromatic carbocycles. The summed E-state index contributed by atoms with van der Waals surface area (Å²) >= 11 is 0. The van der Waals surface area contributed by atoms with E-state index >= 15 is 0 Å². The van der Waals surface area contributed by atoms with Gasteiger partial charge in [0.05, 0.1) is 0 Å². The first kappa shape index (κ1) is 21.4. The summed E-state index contributed by atoms with van der Waals surface area (Å²) in [5, 5.41) is 13.1. The van der Waals surface area contributed by atoms with E-state index in [1.54, 1.807) is 4.90 Å². The quantitative estimate of drug-likeness (QED) is 0.526. The van der Waals surface area contributed by atoms with E-state index in [0.717, 1.165) is 18.5 Å². The normalized spacial score (nSPS) is 13.5. The number of aromatic hydroxyl groups is 1. The molecule has 4 rings (SSSR count). The molecule has 32 heavy (non-hydrogen) atoms. The van der Waals surface area contributed by atoms with Crippen LogP contribution in [-0.4, -0.2) is 48.1 Å². The lowest BCUT2D eigenvalue weighted by Crippen LogP contribution is -2.33. The minimum Gasteiger partial charge on any atom is -0.507 e. The molecule has 1 aliphatic heterocycles. The molecule has 1 saturated heterocycles. The number of fused-ring (bicyclic) bond motifs is 1. The Labute approximate surface area is 184 Å². The van der Waals surface area contributed by atoms with Gasteiger partial charge >= 0.3 is 0 Å². The molecule has 0 unspecified atom stereocenters. The van der Waals surface area contributed by atoms with Crippen molar-refractivity contribution in [2.24, 2.45) is 0 Å². The number of nitrogens with zero attached hydrogens (tertiary/aromatic N) is 1. The predicted octanol–water partition coefficient (Wildman–Crippen LogP) is 2.67. The number of carbonyl (C=O) groups excluding carboxylic acids is 2. The maximum absolute atomic E-state index is 12.5. The SMILES string of the molecule is O=C(COc1cc(O)c2c(=O)cc(-c3ccccc3)oc2c1)NCCCN1CCCC1=O. The van der Waals surface area contributed by atoms with Crippen LogP contribution in [0.2, 0.25) is 0 Å². The molecule has 2 amide bonds. The van der Waals surface area contributed by atoms with E-state index in [2.05, 4.69) is 5.32 Å². The Morgan fingerprint density at radius 3 is 2.72 bits per heavy atom. The van der Waals surface area contributed by atoms with Gasteiger partial charge in [-0.05, 0) is 12.8 Å². The van der Waals surface area contributed by atoms with Gasteiger partial charge in [-0.25, -0.2) is 0 Å². The molecule has 3 aromatic rings. The third-order valence-corrected chi connectivity index (χ3v) is 5.31. The number of benzene rings is 2. The van der Waals surface area contributed by atoms with Gasteiger partial charge in [0.15, 0.2) is 12.0 Å². The lowest BCUT2D eigenvalue weighted by Gasteiger charge is -2.15. The fourth-order valence-corrected chi connectivity index (χ4v) is 3.71. The summed E-state index contributed by atoms with van der Waals surface area (Å²) in [4.78, 5) is 37.9. The summed E-state index contributed by atoms with van der Waals surface area (Å²) in [5.41, 5.74) is 0.526. The lowest BCUT2D eigenvalue weighted by atomic mass is 10.1. The van der Waals surface area contributed by atoms with Crippen molar-refractivity contribution in [3.63, 3.8) is 0 Å². The highest BCUT2D eigenvalue weighted by molar-refractivity contribution is 5.86. The molecule has 8 heteroatoms. The van der Waals surface area contributed by atoms with Crippen LogP contribution in [0, 0.1) is 0 Å². The van der Waals surface area contributed by atoms with Crippen molar-refractivity contribution in [2.75, 3.05) is 26.2 Å². The largest absolute Gasteiger partial charge is 0.507 e. The highest BCUT2D eigenvalue weighted by atomic mass is 16.5. The number of phenols is 1. The van der Waals surface area contributed by atoms with Crippen molar-refractivity contribution in [1.29, 1.82) is 0 Å². The number of ether oxygens (including phenoxy) is 1. The molecular weight excluding hydrogens is 412 g/mol. The molecule has 1 aromatic heterocycles. The molecule has 2 N–H and O–H groups in total. The summed E-state index contributed by atoms with van der Waals surface area (Å²) in [7, 11) is 0. The molecule has 1 fully saturated rings. The van der Waals surface area contributed by atoms with Crippen LogP contribution in [0.1, 0.15) is 19.3 Å². The van der Waals surface area contributed by atoms with Gasteiger partial charge in [-0.3, -0.25) is 14.4 Å². The van der Waals surface area contributed by atoms with Crippen molar-refractivity contribution in [1.82, 2.24) is 10.2 Å². The predicted molar refractivity (Wildman–Crippen MR) is 119 cm³/mol. The Morgan fingerprint density at radius 2 is 1.97 bits per heavy atom. The topological polar surface area (TPSA) is 109 Å². The maximum atomic E-state index is 12.5. The van der Waals surface area contributed by atoms with Crippen molar-refractivity contribution < 1.29 is 23.8 Å². The van der Waals surface area contributed by atoms with E-state index in [1.807, 2.05) is 30.3 Å². The van der Waals surface area contributed by atoms with Gasteiger partial charge in [0, 0.05) is 49.8 Å². The molecule has 0 aliphatic carbocycles. The van der Waals surface area contributed by atoms with Gasteiger partial charge in [-0.1, -0.05) is 30.3 Å². The first-order valence-electron chi connectivity index (χ1n) is 10.5. The second-order valence-electron chi connectivity index (χ2n) is 7.63. The van der Waals surface area contributed by atoms with Crippen LogP contribution in [0.15, 0.2) is 57.7 Å². The van der Waals surface area contributed by atoms with Gasteiger partial charge in [0.25, 0.3) is 5.91 Å². The van der Waals surface area contributed by atoms with E-state index in [1.165, 1.54) is 18.2 Å². The molecule has 8 nitrogen and oxygen atoms in total. The van der Waals surface area contributed by atoms with E-state index in [-0.39, 0.29) is 46.3 Å². The molecule has 0 bridgehead atoms. The monoisotopic (exact) mass is 436 g/mol. The van der Waals surface area contributed by atoms with Gasteiger partial charge in [0.1, 0.15) is 28.2 Å². The number of phenolic OH excluding ortho intramolecular Hbond substituents is 1. The van der Waals surface area contributed by atoms with Crippen LogP contribution in [0.4, 0.5) is 0 Å². The Bertz CT molecular complexity index is 1190. The van der Waals surface area contributed by atoms with Crippen LogP contribution in [0.5, 0.6) is 11.5 Å². The van der Waals surface area contributed by atoms with Crippen LogP contribution in [0.25, 0.3) is 22.3 Å². The summed E-state index contributed by atoms with van der Waals surface area (Å²) in [6.07, 6.45) is 2.16. The first-order chi connectivity index (χ1) is 15.5. The molecule has 0 saturated carbocycles. The Hall–Kier alpha value is -3.81. The minimum atomic E-state index is -0.372. The molecule has 1 aliphatic rings. The number of likely N-dealkylation sites (tertiary alicyclic amines) is 1. The fourth-order valence-electron chi connectivity index (χ4n) is 3.71. The van der Waals surface area contributed by atoms with Gasteiger partial charge in [-0.2, -0.15) is 0 Å². The lowest BCUT2D eigenvalue weighted by molar-refractivity contribution is -0.127. The number of amides is 2. The molecular formula is C24H24N2O6. The van der Waals surface area contributed by atoms with Crippen LogP contribution >= 0.6 is 0 Å². The van der Waals surface area contributed by atoms with Crippen LogP contribution in [0.3, 0.4) is 0 Å². The van der Waals surface area contributed by atoms with Crippen LogP contribution in [-0.2, 0) is 9.59 Å². The van der Waals surface area contributed by atoms with E-state index in [9.17, 15) is 19.5 Å². The second-order valence-corrected chi connectivity index (χ2v) is 7.63. The highest BCUT2D eigenvalue weighted by Crippen LogP contribution is 2.31. The number of nitrogens with one attached hydrogen (secondary N) is 1. The minimum absolute atomic E-state index is 0.0537.